The van der Waals surface area contributed by atoms with Gasteiger partial charge in [-0.15, -0.1) is 0 Å². The van der Waals surface area contributed by atoms with Gasteiger partial charge in [0.05, 0.1) is 17.5 Å². The largest absolute Gasteiger partial charge is 0.478 e. The monoisotopic (exact) mass is 384 g/mol. The maximum Gasteiger partial charge on any atom is 0.336 e. The molecule has 29 heavy (non-hydrogen) atoms. The van der Waals surface area contributed by atoms with E-state index in [0.717, 1.165) is 16.3 Å². The minimum absolute atomic E-state index is 0.102. The van der Waals surface area contributed by atoms with Crippen molar-refractivity contribution in [2.75, 3.05) is 0 Å². The Morgan fingerprint density at radius 2 is 1.72 bits per heavy atom. The summed E-state index contributed by atoms with van der Waals surface area (Å²) >= 11 is 0. The number of carboxylic acids is 1. The second-order valence-corrected chi connectivity index (χ2v) is 6.32. The van der Waals surface area contributed by atoms with E-state index >= 15 is 0 Å². The molecule has 4 aromatic rings. The standard InChI is InChI=1S/C22H16N4O3/c27-21(26-23-13-17-7-3-4-8-18(17)22(28)29)20-12-19(24-25-20)16-10-9-14-5-1-2-6-15(14)11-16/h1-13H,(H,24,25)(H,26,27)(H,28,29)/b23-13+. The zero-order valence-electron chi connectivity index (χ0n) is 15.2. The normalized spacial score (nSPS) is 11.0. The molecule has 1 aromatic heterocycles. The Balaban J connectivity index is 1.49. The quantitative estimate of drug-likeness (QED) is 0.360. The first-order valence-electron chi connectivity index (χ1n) is 8.82. The van der Waals surface area contributed by atoms with Crippen LogP contribution in [0.25, 0.3) is 22.0 Å². The van der Waals surface area contributed by atoms with Crippen LogP contribution >= 0.6 is 0 Å². The van der Waals surface area contributed by atoms with Gasteiger partial charge < -0.3 is 5.11 Å². The van der Waals surface area contributed by atoms with Crippen LogP contribution in [0.4, 0.5) is 0 Å². The molecule has 7 heteroatoms. The second-order valence-electron chi connectivity index (χ2n) is 6.32. The van der Waals surface area contributed by atoms with E-state index in [4.69, 9.17) is 5.11 Å². The van der Waals surface area contributed by atoms with Crippen molar-refractivity contribution in [3.05, 3.63) is 89.6 Å². The molecule has 0 saturated heterocycles. The molecule has 1 heterocycles. The van der Waals surface area contributed by atoms with Crippen LogP contribution in [0.5, 0.6) is 0 Å². The number of benzene rings is 3. The number of H-pyrrole nitrogens is 1. The summed E-state index contributed by atoms with van der Waals surface area (Å²) in [7, 11) is 0. The minimum Gasteiger partial charge on any atom is -0.478 e. The van der Waals surface area contributed by atoms with Gasteiger partial charge in [-0.3, -0.25) is 9.89 Å². The predicted molar refractivity (Wildman–Crippen MR) is 110 cm³/mol. The van der Waals surface area contributed by atoms with E-state index in [-0.39, 0.29) is 11.3 Å². The molecule has 1 amide bonds. The Morgan fingerprint density at radius 3 is 2.55 bits per heavy atom. The number of carbonyl (C=O) groups is 2. The topological polar surface area (TPSA) is 107 Å². The lowest BCUT2D eigenvalue weighted by Crippen LogP contribution is -2.18. The molecule has 0 aliphatic heterocycles. The third-order valence-corrected chi connectivity index (χ3v) is 4.43. The van der Waals surface area contributed by atoms with Crippen molar-refractivity contribution in [2.24, 2.45) is 5.10 Å². The van der Waals surface area contributed by atoms with Crippen LogP contribution in [0.3, 0.4) is 0 Å². The zero-order chi connectivity index (χ0) is 20.2. The molecule has 3 aromatic carbocycles. The molecule has 0 spiro atoms. The number of carboxylic acid groups (broad SMARTS) is 1. The highest BCUT2D eigenvalue weighted by Gasteiger charge is 2.11. The molecule has 0 unspecified atom stereocenters. The fourth-order valence-corrected chi connectivity index (χ4v) is 2.96. The van der Waals surface area contributed by atoms with Gasteiger partial charge in [0, 0.05) is 11.1 Å². The number of nitrogens with one attached hydrogen (secondary N) is 2. The van der Waals surface area contributed by atoms with Crippen molar-refractivity contribution in [1.82, 2.24) is 15.6 Å². The Hall–Kier alpha value is -4.26. The molecule has 0 atom stereocenters. The third-order valence-electron chi connectivity index (χ3n) is 4.43. The number of nitrogens with zero attached hydrogens (tertiary/aromatic N) is 2. The van der Waals surface area contributed by atoms with Crippen molar-refractivity contribution in [1.29, 1.82) is 0 Å². The molecule has 0 radical (unpaired) electrons. The number of amides is 1. The molecule has 0 bridgehead atoms. The Labute approximate surface area is 165 Å². The lowest BCUT2D eigenvalue weighted by molar-refractivity contribution is 0.0696. The fourth-order valence-electron chi connectivity index (χ4n) is 2.96. The van der Waals surface area contributed by atoms with Gasteiger partial charge in [-0.25, -0.2) is 10.2 Å². The first kappa shape index (κ1) is 18.1. The van der Waals surface area contributed by atoms with Crippen LogP contribution in [-0.4, -0.2) is 33.4 Å². The molecule has 7 nitrogen and oxygen atoms in total. The van der Waals surface area contributed by atoms with Crippen molar-refractivity contribution >= 4 is 28.9 Å². The molecule has 0 aliphatic rings. The van der Waals surface area contributed by atoms with Crippen LogP contribution in [0.15, 0.2) is 77.9 Å². The summed E-state index contributed by atoms with van der Waals surface area (Å²) in [6, 6.07) is 22.0. The van der Waals surface area contributed by atoms with Gasteiger partial charge in [0.1, 0.15) is 5.69 Å². The summed E-state index contributed by atoms with van der Waals surface area (Å²) < 4.78 is 0. The lowest BCUT2D eigenvalue weighted by atomic mass is 10.1. The van der Waals surface area contributed by atoms with Gasteiger partial charge in [0.25, 0.3) is 5.91 Å². The number of hydrazone groups is 1. The van der Waals surface area contributed by atoms with E-state index in [9.17, 15) is 9.59 Å². The number of fused-ring (bicyclic) bond motifs is 1. The van der Waals surface area contributed by atoms with E-state index in [1.54, 1.807) is 24.3 Å². The van der Waals surface area contributed by atoms with Crippen molar-refractivity contribution in [3.63, 3.8) is 0 Å². The highest BCUT2D eigenvalue weighted by atomic mass is 16.4. The Bertz CT molecular complexity index is 1240. The molecule has 0 aliphatic carbocycles. The van der Waals surface area contributed by atoms with Gasteiger partial charge in [-0.2, -0.15) is 10.2 Å². The number of carbonyl (C=O) groups excluding carboxylic acids is 1. The number of hydrogen-bond donors (Lipinski definition) is 3. The fraction of sp³-hybridized carbons (Fsp3) is 0. The van der Waals surface area contributed by atoms with Gasteiger partial charge in [-0.05, 0) is 29.0 Å². The Kier molecular flexibility index (Phi) is 4.86. The first-order chi connectivity index (χ1) is 14.1. The van der Waals surface area contributed by atoms with Crippen LogP contribution in [-0.2, 0) is 0 Å². The van der Waals surface area contributed by atoms with Gasteiger partial charge >= 0.3 is 5.97 Å². The maximum atomic E-state index is 12.3. The summed E-state index contributed by atoms with van der Waals surface area (Å²) in [4.78, 5) is 23.5. The van der Waals surface area contributed by atoms with Gasteiger partial charge in [0.15, 0.2) is 0 Å². The van der Waals surface area contributed by atoms with Crippen molar-refractivity contribution in [3.8, 4) is 11.3 Å². The van der Waals surface area contributed by atoms with E-state index < -0.39 is 11.9 Å². The van der Waals surface area contributed by atoms with E-state index in [1.165, 1.54) is 12.3 Å². The van der Waals surface area contributed by atoms with Gasteiger partial charge in [0.2, 0.25) is 0 Å². The minimum atomic E-state index is -1.06. The lowest BCUT2D eigenvalue weighted by Gasteiger charge is -2.00. The molecule has 0 fully saturated rings. The first-order valence-corrected chi connectivity index (χ1v) is 8.82. The van der Waals surface area contributed by atoms with Crippen LogP contribution in [0.1, 0.15) is 26.4 Å². The molecule has 3 N–H and O–H groups in total. The van der Waals surface area contributed by atoms with E-state index in [2.05, 4.69) is 20.7 Å². The maximum absolute atomic E-state index is 12.3. The van der Waals surface area contributed by atoms with E-state index in [1.807, 2.05) is 42.5 Å². The summed E-state index contributed by atoms with van der Waals surface area (Å²) in [5.74, 6) is -1.54. The van der Waals surface area contributed by atoms with Crippen LogP contribution in [0, 0.1) is 0 Å². The molecular weight excluding hydrogens is 368 g/mol. The Morgan fingerprint density at radius 1 is 0.966 bits per heavy atom. The zero-order valence-corrected chi connectivity index (χ0v) is 15.2. The highest BCUT2D eigenvalue weighted by molar-refractivity contribution is 5.99. The summed E-state index contributed by atoms with van der Waals surface area (Å²) in [5, 5.41) is 22.1. The highest BCUT2D eigenvalue weighted by Crippen LogP contribution is 2.23. The van der Waals surface area contributed by atoms with Crippen molar-refractivity contribution < 1.29 is 14.7 Å². The number of hydrogen-bond acceptors (Lipinski definition) is 4. The predicted octanol–water partition coefficient (Wildman–Crippen LogP) is 3.69. The molecule has 0 saturated carbocycles. The van der Waals surface area contributed by atoms with Crippen LogP contribution < -0.4 is 5.43 Å². The number of aromatic amines is 1. The summed E-state index contributed by atoms with van der Waals surface area (Å²) in [6.07, 6.45) is 1.29. The summed E-state index contributed by atoms with van der Waals surface area (Å²) in [6.45, 7) is 0. The van der Waals surface area contributed by atoms with Crippen molar-refractivity contribution in [2.45, 2.75) is 0 Å². The van der Waals surface area contributed by atoms with Crippen LogP contribution in [0.2, 0.25) is 0 Å². The summed E-state index contributed by atoms with van der Waals surface area (Å²) in [5.41, 5.74) is 4.64. The number of aromatic nitrogens is 2. The average Bonchev–Trinajstić information content (AvgIpc) is 3.24. The molecule has 142 valence electrons. The number of rotatable bonds is 5. The second kappa shape index (κ2) is 7.77. The smallest absolute Gasteiger partial charge is 0.336 e. The SMILES string of the molecule is O=C(N/N=C/c1ccccc1C(=O)O)c1cc(-c2ccc3ccccc3c2)n[nH]1. The third kappa shape index (κ3) is 3.89. The van der Waals surface area contributed by atoms with Gasteiger partial charge in [-0.1, -0.05) is 54.6 Å². The molecular formula is C22H16N4O3. The van der Waals surface area contributed by atoms with E-state index in [0.29, 0.717) is 11.3 Å². The number of aromatic carboxylic acids is 1. The average molecular weight is 384 g/mol. The molecule has 4 rings (SSSR count).